The molecule has 25 heavy (non-hydrogen) atoms. The molecule has 0 aliphatic rings. The summed E-state index contributed by atoms with van der Waals surface area (Å²) in [6.45, 7) is 6.02. The van der Waals surface area contributed by atoms with E-state index in [4.69, 9.17) is 9.47 Å². The van der Waals surface area contributed by atoms with Gasteiger partial charge in [0, 0.05) is 5.56 Å². The van der Waals surface area contributed by atoms with Gasteiger partial charge in [0.1, 0.15) is 0 Å². The molecule has 0 saturated carbocycles. The van der Waals surface area contributed by atoms with Crippen molar-refractivity contribution in [1.82, 2.24) is 5.32 Å². The number of benzene rings is 2. The molecule has 4 nitrogen and oxygen atoms in total. The fourth-order valence-corrected chi connectivity index (χ4v) is 2.70. The summed E-state index contributed by atoms with van der Waals surface area (Å²) in [7, 11) is 1.58. The number of amides is 1. The van der Waals surface area contributed by atoms with E-state index in [1.165, 1.54) is 0 Å². The van der Waals surface area contributed by atoms with Crippen molar-refractivity contribution in [1.29, 1.82) is 0 Å². The Balaban J connectivity index is 2.18. The van der Waals surface area contributed by atoms with Crippen LogP contribution < -0.4 is 14.8 Å². The predicted octanol–water partition coefficient (Wildman–Crippen LogP) is 4.75. The number of rotatable bonds is 8. The zero-order valence-electron chi connectivity index (χ0n) is 15.4. The van der Waals surface area contributed by atoms with Crippen LogP contribution in [0.5, 0.6) is 11.5 Å². The Bertz CT molecular complexity index is 683. The normalized spacial score (nSPS) is 11.9. The molecule has 0 spiro atoms. The van der Waals surface area contributed by atoms with Crippen molar-refractivity contribution in [2.75, 3.05) is 7.11 Å². The lowest BCUT2D eigenvalue weighted by atomic mass is 10.0. The Hall–Kier alpha value is -2.49. The molecule has 134 valence electrons. The topological polar surface area (TPSA) is 47.6 Å². The third-order valence-electron chi connectivity index (χ3n) is 3.87. The molecule has 0 fully saturated rings. The van der Waals surface area contributed by atoms with Gasteiger partial charge >= 0.3 is 0 Å². The minimum atomic E-state index is -0.114. The maximum atomic E-state index is 12.7. The molecule has 0 aromatic heterocycles. The van der Waals surface area contributed by atoms with E-state index < -0.39 is 0 Å². The van der Waals surface area contributed by atoms with Crippen molar-refractivity contribution in [2.45, 2.75) is 45.8 Å². The third kappa shape index (κ3) is 5.24. The summed E-state index contributed by atoms with van der Waals surface area (Å²) in [6.07, 6.45) is 1.92. The molecule has 2 aromatic rings. The van der Waals surface area contributed by atoms with Gasteiger partial charge < -0.3 is 14.8 Å². The predicted molar refractivity (Wildman–Crippen MR) is 100 cm³/mol. The largest absolute Gasteiger partial charge is 0.493 e. The molecule has 2 rings (SSSR count). The van der Waals surface area contributed by atoms with E-state index >= 15 is 0 Å². The van der Waals surface area contributed by atoms with Crippen LogP contribution in [-0.2, 0) is 0 Å². The molecule has 0 saturated heterocycles. The second kappa shape index (κ2) is 9.11. The lowest BCUT2D eigenvalue weighted by molar-refractivity contribution is 0.0934. The summed E-state index contributed by atoms with van der Waals surface area (Å²) >= 11 is 0. The second-order valence-electron chi connectivity index (χ2n) is 6.26. The fraction of sp³-hybridized carbons (Fsp3) is 0.381. The quantitative estimate of drug-likeness (QED) is 0.753. The van der Waals surface area contributed by atoms with Gasteiger partial charge in [-0.2, -0.15) is 0 Å². The molecule has 0 aliphatic carbocycles. The number of ether oxygens (including phenoxy) is 2. The van der Waals surface area contributed by atoms with Gasteiger partial charge in [0.15, 0.2) is 11.5 Å². The van der Waals surface area contributed by atoms with Gasteiger partial charge in [-0.1, -0.05) is 43.7 Å². The van der Waals surface area contributed by atoms with Gasteiger partial charge in [0.05, 0.1) is 19.3 Å². The highest BCUT2D eigenvalue weighted by atomic mass is 16.5. The molecule has 2 aromatic carbocycles. The first-order valence-electron chi connectivity index (χ1n) is 8.75. The molecule has 1 atom stereocenters. The molecule has 1 amide bonds. The molecule has 0 bridgehead atoms. The molecule has 0 aliphatic heterocycles. The summed E-state index contributed by atoms with van der Waals surface area (Å²) in [5.41, 5.74) is 1.68. The van der Waals surface area contributed by atoms with Crippen molar-refractivity contribution in [2.24, 2.45) is 0 Å². The fourth-order valence-electron chi connectivity index (χ4n) is 2.70. The van der Waals surface area contributed by atoms with Gasteiger partial charge in [-0.15, -0.1) is 0 Å². The van der Waals surface area contributed by atoms with Gasteiger partial charge in [0.2, 0.25) is 0 Å². The number of carbonyl (C=O) groups is 1. The van der Waals surface area contributed by atoms with Crippen LogP contribution in [-0.4, -0.2) is 19.1 Å². The van der Waals surface area contributed by atoms with Crippen LogP contribution >= 0.6 is 0 Å². The minimum Gasteiger partial charge on any atom is -0.493 e. The summed E-state index contributed by atoms with van der Waals surface area (Å²) in [5, 5.41) is 3.13. The number of nitrogens with one attached hydrogen (secondary N) is 1. The summed E-state index contributed by atoms with van der Waals surface area (Å²) in [4.78, 5) is 12.7. The second-order valence-corrected chi connectivity index (χ2v) is 6.26. The van der Waals surface area contributed by atoms with Crippen LogP contribution in [0.3, 0.4) is 0 Å². The molecular formula is C21H27NO3. The molecule has 0 radical (unpaired) electrons. The smallest absolute Gasteiger partial charge is 0.251 e. The maximum Gasteiger partial charge on any atom is 0.251 e. The van der Waals surface area contributed by atoms with E-state index in [-0.39, 0.29) is 18.1 Å². The molecule has 1 N–H and O–H groups in total. The van der Waals surface area contributed by atoms with Crippen LogP contribution in [0.25, 0.3) is 0 Å². The van der Waals surface area contributed by atoms with Crippen molar-refractivity contribution in [3.63, 3.8) is 0 Å². The van der Waals surface area contributed by atoms with Crippen LogP contribution in [0.4, 0.5) is 0 Å². The average Bonchev–Trinajstić information content (AvgIpc) is 2.61. The van der Waals surface area contributed by atoms with E-state index in [0.717, 1.165) is 18.4 Å². The van der Waals surface area contributed by atoms with Crippen molar-refractivity contribution in [3.8, 4) is 11.5 Å². The number of hydrogen-bond acceptors (Lipinski definition) is 3. The van der Waals surface area contributed by atoms with Gasteiger partial charge in [-0.3, -0.25) is 4.79 Å². The SMILES string of the molecule is CCCC(NC(=O)c1ccc(OC(C)C)c(OC)c1)c1ccccc1. The highest BCUT2D eigenvalue weighted by Gasteiger charge is 2.17. The van der Waals surface area contributed by atoms with Crippen molar-refractivity contribution < 1.29 is 14.3 Å². The Kier molecular flexibility index (Phi) is 6.87. The van der Waals surface area contributed by atoms with Gasteiger partial charge in [-0.25, -0.2) is 0 Å². The molecular weight excluding hydrogens is 314 g/mol. The van der Waals surface area contributed by atoms with E-state index in [0.29, 0.717) is 17.1 Å². The standard InChI is InChI=1S/C21H27NO3/c1-5-9-18(16-10-7-6-8-11-16)22-21(23)17-12-13-19(25-15(2)3)20(14-17)24-4/h6-8,10-15,18H,5,9H2,1-4H3,(H,22,23). The van der Waals surface area contributed by atoms with Crippen molar-refractivity contribution in [3.05, 3.63) is 59.7 Å². The first kappa shape index (κ1) is 18.8. The lowest BCUT2D eigenvalue weighted by Gasteiger charge is -2.19. The van der Waals surface area contributed by atoms with E-state index in [1.54, 1.807) is 25.3 Å². The first-order chi connectivity index (χ1) is 12.0. The molecule has 0 heterocycles. The Morgan fingerprint density at radius 1 is 1.08 bits per heavy atom. The number of hydrogen-bond donors (Lipinski definition) is 1. The highest BCUT2D eigenvalue weighted by Crippen LogP contribution is 2.29. The number of carbonyl (C=O) groups excluding carboxylic acids is 1. The first-order valence-corrected chi connectivity index (χ1v) is 8.75. The van der Waals surface area contributed by atoms with Crippen LogP contribution in [0.2, 0.25) is 0 Å². The third-order valence-corrected chi connectivity index (χ3v) is 3.87. The summed E-state index contributed by atoms with van der Waals surface area (Å²) < 4.78 is 11.1. The van der Waals surface area contributed by atoms with Gasteiger partial charge in [-0.05, 0) is 44.0 Å². The number of methoxy groups -OCH3 is 1. The average molecular weight is 341 g/mol. The van der Waals surface area contributed by atoms with Crippen LogP contribution in [0.1, 0.15) is 55.6 Å². The van der Waals surface area contributed by atoms with E-state index in [9.17, 15) is 4.79 Å². The van der Waals surface area contributed by atoms with Crippen molar-refractivity contribution >= 4 is 5.91 Å². The molecule has 4 heteroatoms. The minimum absolute atomic E-state index is 0.00344. The maximum absolute atomic E-state index is 12.7. The molecule has 1 unspecified atom stereocenters. The van der Waals surface area contributed by atoms with E-state index in [2.05, 4.69) is 12.2 Å². The zero-order valence-corrected chi connectivity index (χ0v) is 15.4. The summed E-state index contributed by atoms with van der Waals surface area (Å²) in [6, 6.07) is 15.3. The van der Waals surface area contributed by atoms with Gasteiger partial charge in [0.25, 0.3) is 5.91 Å². The highest BCUT2D eigenvalue weighted by molar-refractivity contribution is 5.95. The lowest BCUT2D eigenvalue weighted by Crippen LogP contribution is -2.28. The van der Waals surface area contributed by atoms with Crippen LogP contribution in [0.15, 0.2) is 48.5 Å². The Labute approximate surface area is 150 Å². The zero-order chi connectivity index (χ0) is 18.2. The Morgan fingerprint density at radius 3 is 2.40 bits per heavy atom. The van der Waals surface area contributed by atoms with Crippen LogP contribution in [0, 0.1) is 0 Å². The monoisotopic (exact) mass is 341 g/mol. The van der Waals surface area contributed by atoms with E-state index in [1.807, 2.05) is 44.2 Å². The Morgan fingerprint density at radius 2 is 1.80 bits per heavy atom. The summed E-state index contributed by atoms with van der Waals surface area (Å²) in [5.74, 6) is 1.09.